The van der Waals surface area contributed by atoms with Gasteiger partial charge in [0, 0.05) is 21.4 Å². The molecule has 0 unspecified atom stereocenters. The molecule has 0 aliphatic heterocycles. The third kappa shape index (κ3) is 6.27. The highest BCUT2D eigenvalue weighted by molar-refractivity contribution is 6.30. The lowest BCUT2D eigenvalue weighted by Crippen LogP contribution is -2.13. The molecule has 49 heavy (non-hydrogen) atoms. The van der Waals surface area contributed by atoms with Crippen LogP contribution in [0.3, 0.4) is 0 Å². The fraction of sp³-hybridized carbons (Fsp3) is 0.244. The van der Waals surface area contributed by atoms with Crippen LogP contribution in [0.2, 0.25) is 5.02 Å². The largest absolute Gasteiger partial charge is 0.497 e. The minimum Gasteiger partial charge on any atom is -0.497 e. The maximum absolute atomic E-state index is 12.9. The zero-order chi connectivity index (χ0) is 34.1. The summed E-state index contributed by atoms with van der Waals surface area (Å²) in [6, 6.07) is 29.8. The Morgan fingerprint density at radius 3 is 2.31 bits per heavy atom. The molecule has 0 bridgehead atoms. The zero-order valence-electron chi connectivity index (χ0n) is 27.8. The quantitative estimate of drug-likeness (QED) is 0.150. The predicted octanol–water partition coefficient (Wildman–Crippen LogP) is 9.86. The molecule has 0 saturated heterocycles. The molecule has 1 saturated carbocycles. The van der Waals surface area contributed by atoms with Gasteiger partial charge < -0.3 is 18.8 Å². The number of ether oxygens (including phenoxy) is 3. The molecule has 0 atom stereocenters. The summed E-state index contributed by atoms with van der Waals surface area (Å²) in [6.45, 7) is 0.0121. The summed E-state index contributed by atoms with van der Waals surface area (Å²) in [7, 11) is 4.43. The first-order valence-electron chi connectivity index (χ1n) is 16.5. The fourth-order valence-corrected chi connectivity index (χ4v) is 7.39. The van der Waals surface area contributed by atoms with Crippen molar-refractivity contribution in [2.45, 2.75) is 44.6 Å². The molecule has 2 heterocycles. The Hall–Kier alpha value is -5.14. The van der Waals surface area contributed by atoms with Gasteiger partial charge in [-0.2, -0.15) is 0 Å². The van der Waals surface area contributed by atoms with Crippen molar-refractivity contribution in [3.63, 3.8) is 0 Å². The molecular formula is C41H37ClN2O5. The summed E-state index contributed by atoms with van der Waals surface area (Å²) in [6.07, 6.45) is 5.66. The summed E-state index contributed by atoms with van der Waals surface area (Å²) in [5, 5.41) is 2.69. The number of halogens is 1. The van der Waals surface area contributed by atoms with Crippen LogP contribution < -0.4 is 4.74 Å². The molecule has 2 aromatic heterocycles. The second-order valence-corrected chi connectivity index (χ2v) is 12.9. The predicted molar refractivity (Wildman–Crippen MR) is 194 cm³/mol. The number of hydrogen-bond donors (Lipinski definition) is 0. The third-order valence-corrected chi connectivity index (χ3v) is 9.93. The molecule has 0 radical (unpaired) electrons. The Labute approximate surface area is 290 Å². The Balaban J connectivity index is 1.40. The number of hydrogen-bond acceptors (Lipinski definition) is 6. The summed E-state index contributed by atoms with van der Waals surface area (Å²) in [5.74, 6) is 0.286. The number of rotatable bonds is 8. The first-order chi connectivity index (χ1) is 23.9. The molecule has 1 fully saturated rings. The van der Waals surface area contributed by atoms with Crippen LogP contribution in [-0.2, 0) is 20.8 Å². The Morgan fingerprint density at radius 2 is 1.57 bits per heavy atom. The highest BCUT2D eigenvalue weighted by atomic mass is 35.5. The SMILES string of the molecule is COC(=O)Cn1c(-c2ccc3nc(-c4cc(OC)ccc4-c4ccc(Cl)cc4)ccc3c2)c(C2CCCCC2)c2ccc(C(=O)OC)cc21. The van der Waals surface area contributed by atoms with Crippen molar-refractivity contribution in [2.24, 2.45) is 0 Å². The first kappa shape index (κ1) is 32.4. The van der Waals surface area contributed by atoms with Crippen LogP contribution in [0.4, 0.5) is 0 Å². The molecule has 248 valence electrons. The lowest BCUT2D eigenvalue weighted by Gasteiger charge is -2.24. The number of carbonyl (C=O) groups excluding carboxylic acids is 2. The van der Waals surface area contributed by atoms with Crippen LogP contribution in [0, 0.1) is 0 Å². The highest BCUT2D eigenvalue weighted by Crippen LogP contribution is 2.45. The van der Waals surface area contributed by atoms with Crippen molar-refractivity contribution in [1.82, 2.24) is 9.55 Å². The number of esters is 2. The van der Waals surface area contributed by atoms with Crippen LogP contribution in [0.25, 0.3) is 55.4 Å². The lowest BCUT2D eigenvalue weighted by molar-refractivity contribution is -0.141. The number of nitrogens with zero attached hydrogens (tertiary/aromatic N) is 2. The van der Waals surface area contributed by atoms with Crippen molar-refractivity contribution in [3.8, 4) is 39.4 Å². The zero-order valence-corrected chi connectivity index (χ0v) is 28.5. The van der Waals surface area contributed by atoms with Crippen LogP contribution in [-0.4, -0.2) is 42.8 Å². The average Bonchev–Trinajstić information content (AvgIpc) is 3.47. The average molecular weight is 673 g/mol. The van der Waals surface area contributed by atoms with Crippen molar-refractivity contribution in [1.29, 1.82) is 0 Å². The van der Waals surface area contributed by atoms with Crippen LogP contribution in [0.5, 0.6) is 5.75 Å². The van der Waals surface area contributed by atoms with E-state index in [2.05, 4.69) is 18.2 Å². The molecule has 6 aromatic rings. The van der Waals surface area contributed by atoms with E-state index in [0.29, 0.717) is 16.5 Å². The number of pyridine rings is 1. The monoisotopic (exact) mass is 672 g/mol. The second-order valence-electron chi connectivity index (χ2n) is 12.5. The van der Waals surface area contributed by atoms with Gasteiger partial charge >= 0.3 is 11.9 Å². The van der Waals surface area contributed by atoms with Gasteiger partial charge in [-0.3, -0.25) is 4.79 Å². The van der Waals surface area contributed by atoms with Gasteiger partial charge in [-0.15, -0.1) is 0 Å². The van der Waals surface area contributed by atoms with Gasteiger partial charge in [0.25, 0.3) is 0 Å². The molecule has 0 amide bonds. The number of carbonyl (C=O) groups is 2. The molecule has 0 N–H and O–H groups in total. The van der Waals surface area contributed by atoms with E-state index in [1.165, 1.54) is 26.2 Å². The standard InChI is InChI=1S/C41H37ClN2O5/c1-47-31-16-18-32(25-9-14-30(42)15-10-25)34(23-31)36-20-12-27-21-28(13-19-35(27)43-36)40-39(26-7-5-4-6-8-26)33-17-11-29(41(46)49-3)22-37(33)44(40)24-38(45)48-2/h9-23,26H,4-8,24H2,1-3H3. The number of fused-ring (bicyclic) bond motifs is 2. The summed E-state index contributed by atoms with van der Waals surface area (Å²) in [4.78, 5) is 30.6. The van der Waals surface area contributed by atoms with E-state index in [9.17, 15) is 9.59 Å². The third-order valence-electron chi connectivity index (χ3n) is 9.67. The topological polar surface area (TPSA) is 79.7 Å². The second kappa shape index (κ2) is 13.8. The van der Waals surface area contributed by atoms with Gasteiger partial charge in [0.05, 0.1) is 49.3 Å². The van der Waals surface area contributed by atoms with Crippen molar-refractivity contribution >= 4 is 45.3 Å². The molecule has 4 aromatic carbocycles. The van der Waals surface area contributed by atoms with Crippen molar-refractivity contribution < 1.29 is 23.8 Å². The normalized spacial score (nSPS) is 13.5. The summed E-state index contributed by atoms with van der Waals surface area (Å²) in [5.41, 5.74) is 9.07. The van der Waals surface area contributed by atoms with E-state index in [-0.39, 0.29) is 12.5 Å². The van der Waals surface area contributed by atoms with E-state index in [1.54, 1.807) is 7.11 Å². The van der Waals surface area contributed by atoms with Gasteiger partial charge in [-0.05, 0) is 95.6 Å². The maximum Gasteiger partial charge on any atom is 0.337 e. The highest BCUT2D eigenvalue weighted by Gasteiger charge is 2.28. The lowest BCUT2D eigenvalue weighted by atomic mass is 9.81. The maximum atomic E-state index is 12.9. The van der Waals surface area contributed by atoms with Crippen LogP contribution >= 0.6 is 11.6 Å². The fourth-order valence-electron chi connectivity index (χ4n) is 7.26. The Bertz CT molecular complexity index is 2200. The Morgan fingerprint density at radius 1 is 0.796 bits per heavy atom. The number of aromatic nitrogens is 2. The van der Waals surface area contributed by atoms with E-state index >= 15 is 0 Å². The molecule has 7 rings (SSSR count). The molecule has 8 heteroatoms. The van der Waals surface area contributed by atoms with Gasteiger partial charge in [-0.1, -0.05) is 67.3 Å². The summed E-state index contributed by atoms with van der Waals surface area (Å²) < 4.78 is 17.8. The van der Waals surface area contributed by atoms with Crippen LogP contribution in [0.1, 0.15) is 53.9 Å². The molecule has 0 spiro atoms. The van der Waals surface area contributed by atoms with Crippen LogP contribution in [0.15, 0.2) is 91.0 Å². The number of methoxy groups -OCH3 is 3. The van der Waals surface area contributed by atoms with Gasteiger partial charge in [-0.25, -0.2) is 9.78 Å². The molecular weight excluding hydrogens is 636 g/mol. The Kier molecular flexibility index (Phi) is 9.11. The van der Waals surface area contributed by atoms with Gasteiger partial charge in [0.15, 0.2) is 0 Å². The van der Waals surface area contributed by atoms with Gasteiger partial charge in [0.2, 0.25) is 0 Å². The van der Waals surface area contributed by atoms with E-state index in [4.69, 9.17) is 30.8 Å². The first-order valence-corrected chi connectivity index (χ1v) is 16.9. The molecule has 7 nitrogen and oxygen atoms in total. The smallest absolute Gasteiger partial charge is 0.337 e. The molecule has 1 aliphatic rings. The summed E-state index contributed by atoms with van der Waals surface area (Å²) >= 11 is 6.19. The molecule has 1 aliphatic carbocycles. The van der Waals surface area contributed by atoms with Gasteiger partial charge in [0.1, 0.15) is 12.3 Å². The minimum atomic E-state index is -0.420. The van der Waals surface area contributed by atoms with Crippen molar-refractivity contribution in [2.75, 3.05) is 21.3 Å². The van der Waals surface area contributed by atoms with Crippen molar-refractivity contribution in [3.05, 3.63) is 107 Å². The van der Waals surface area contributed by atoms with E-state index in [0.717, 1.165) is 86.9 Å². The number of benzene rings is 4. The van der Waals surface area contributed by atoms with E-state index < -0.39 is 5.97 Å². The minimum absolute atomic E-state index is 0.0121. The van der Waals surface area contributed by atoms with E-state index in [1.807, 2.05) is 77.4 Å².